The van der Waals surface area contributed by atoms with Gasteiger partial charge >= 0.3 is 0 Å². The Morgan fingerprint density at radius 1 is 0.667 bits per heavy atom. The summed E-state index contributed by atoms with van der Waals surface area (Å²) < 4.78 is 0. The van der Waals surface area contributed by atoms with Crippen molar-refractivity contribution in [3.8, 4) is 11.8 Å². The first kappa shape index (κ1) is 16.0. The van der Waals surface area contributed by atoms with Crippen molar-refractivity contribution in [2.45, 2.75) is 11.7 Å². The largest absolute Gasteiger partial charge is 0.376 e. The molecule has 0 heterocycles. The average molecular weight is 314 g/mol. The van der Waals surface area contributed by atoms with Crippen LogP contribution in [-0.4, -0.2) is 10.2 Å². The molecule has 3 aromatic carbocycles. The highest BCUT2D eigenvalue weighted by Crippen LogP contribution is 2.29. The Hall–Kier alpha value is -2.86. The number of rotatable bonds is 3. The Morgan fingerprint density at radius 3 is 1.54 bits per heavy atom. The quantitative estimate of drug-likeness (QED) is 0.724. The van der Waals surface area contributed by atoms with Crippen molar-refractivity contribution in [2.24, 2.45) is 0 Å². The first-order valence-electron chi connectivity index (χ1n) is 7.79. The number of benzene rings is 3. The fraction of sp³-hybridized carbons (Fsp3) is 0.0909. The van der Waals surface area contributed by atoms with Crippen LogP contribution < -0.4 is 0 Å². The van der Waals surface area contributed by atoms with Gasteiger partial charge in [-0.25, -0.2) is 0 Å². The zero-order valence-corrected chi connectivity index (χ0v) is 13.1. The van der Waals surface area contributed by atoms with Gasteiger partial charge in [0.1, 0.15) is 6.10 Å². The van der Waals surface area contributed by atoms with Crippen molar-refractivity contribution in [3.05, 3.63) is 108 Å². The smallest absolute Gasteiger partial charge is 0.176 e. The fourth-order valence-corrected chi connectivity index (χ4v) is 2.56. The molecule has 2 nitrogen and oxygen atoms in total. The van der Waals surface area contributed by atoms with Crippen LogP contribution >= 0.6 is 0 Å². The second-order valence-corrected chi connectivity index (χ2v) is 5.53. The molecular weight excluding hydrogens is 296 g/mol. The molecular formula is C22H18O2. The van der Waals surface area contributed by atoms with Crippen LogP contribution in [0.25, 0.3) is 0 Å². The highest BCUT2D eigenvalue weighted by atomic mass is 16.3. The molecule has 0 saturated carbocycles. The molecule has 3 aromatic rings. The summed E-state index contributed by atoms with van der Waals surface area (Å²) in [4.78, 5) is 0. The fourth-order valence-electron chi connectivity index (χ4n) is 2.56. The molecule has 0 radical (unpaired) electrons. The Morgan fingerprint density at radius 2 is 1.08 bits per heavy atom. The molecule has 2 N–H and O–H groups in total. The monoisotopic (exact) mass is 314 g/mol. The highest BCUT2D eigenvalue weighted by Gasteiger charge is 2.29. The van der Waals surface area contributed by atoms with E-state index in [9.17, 15) is 10.2 Å². The van der Waals surface area contributed by atoms with Gasteiger partial charge in [-0.3, -0.25) is 0 Å². The van der Waals surface area contributed by atoms with Crippen molar-refractivity contribution in [1.29, 1.82) is 0 Å². The van der Waals surface area contributed by atoms with E-state index < -0.39 is 11.7 Å². The predicted octanol–water partition coefficient (Wildman–Crippen LogP) is 3.66. The van der Waals surface area contributed by atoms with Crippen molar-refractivity contribution in [1.82, 2.24) is 0 Å². The summed E-state index contributed by atoms with van der Waals surface area (Å²) in [6.07, 6.45) is -0.954. The normalized spacial score (nSPS) is 12.1. The maximum absolute atomic E-state index is 11.3. The Labute approximate surface area is 142 Å². The standard InChI is InChI=1S/C22H18O2/c23-21(18-10-4-1-5-11-18)16-17-22(24,19-12-6-2-7-13-19)20-14-8-3-9-15-20/h1-15,21,23-24H. The van der Waals surface area contributed by atoms with Crippen LogP contribution in [0.4, 0.5) is 0 Å². The summed E-state index contributed by atoms with van der Waals surface area (Å²) in [7, 11) is 0. The van der Waals surface area contributed by atoms with Crippen molar-refractivity contribution in [2.75, 3.05) is 0 Å². The first-order chi connectivity index (χ1) is 11.7. The van der Waals surface area contributed by atoms with E-state index in [-0.39, 0.29) is 0 Å². The third kappa shape index (κ3) is 3.38. The first-order valence-corrected chi connectivity index (χ1v) is 7.79. The topological polar surface area (TPSA) is 40.5 Å². The van der Waals surface area contributed by atoms with Crippen LogP contribution in [0.3, 0.4) is 0 Å². The molecule has 0 aliphatic heterocycles. The zero-order valence-electron chi connectivity index (χ0n) is 13.1. The van der Waals surface area contributed by atoms with Crippen LogP contribution in [0, 0.1) is 11.8 Å². The van der Waals surface area contributed by atoms with Crippen LogP contribution in [0.1, 0.15) is 22.8 Å². The third-order valence-corrected chi connectivity index (χ3v) is 3.89. The van der Waals surface area contributed by atoms with E-state index in [2.05, 4.69) is 11.8 Å². The lowest BCUT2D eigenvalue weighted by molar-refractivity contribution is 0.144. The summed E-state index contributed by atoms with van der Waals surface area (Å²) in [5.74, 6) is 5.67. The molecule has 0 saturated heterocycles. The van der Waals surface area contributed by atoms with Crippen LogP contribution in [0.15, 0.2) is 91.0 Å². The lowest BCUT2D eigenvalue weighted by atomic mass is 9.86. The molecule has 0 aromatic heterocycles. The van der Waals surface area contributed by atoms with Crippen molar-refractivity contribution in [3.63, 3.8) is 0 Å². The zero-order chi connectivity index (χ0) is 16.8. The van der Waals surface area contributed by atoms with Crippen molar-refractivity contribution >= 4 is 0 Å². The highest BCUT2D eigenvalue weighted by molar-refractivity contribution is 5.45. The number of aliphatic hydroxyl groups excluding tert-OH is 1. The third-order valence-electron chi connectivity index (χ3n) is 3.89. The lowest BCUT2D eigenvalue weighted by Crippen LogP contribution is -2.25. The molecule has 0 amide bonds. The minimum absolute atomic E-state index is 0.670. The van der Waals surface area contributed by atoms with E-state index in [1.165, 1.54) is 0 Å². The summed E-state index contributed by atoms with van der Waals surface area (Å²) in [5.41, 5.74) is 0.569. The maximum Gasteiger partial charge on any atom is 0.176 e. The Kier molecular flexibility index (Phi) is 4.77. The summed E-state index contributed by atoms with van der Waals surface area (Å²) in [6.45, 7) is 0. The molecule has 3 rings (SSSR count). The van der Waals surface area contributed by atoms with E-state index in [0.29, 0.717) is 16.7 Å². The summed E-state index contributed by atoms with van der Waals surface area (Å²) >= 11 is 0. The molecule has 1 atom stereocenters. The van der Waals surface area contributed by atoms with E-state index in [0.717, 1.165) is 0 Å². The van der Waals surface area contributed by atoms with Gasteiger partial charge in [0.05, 0.1) is 0 Å². The molecule has 0 aliphatic rings. The van der Waals surface area contributed by atoms with Gasteiger partial charge < -0.3 is 10.2 Å². The Balaban J connectivity index is 2.03. The summed E-state index contributed by atoms with van der Waals surface area (Å²) in [6, 6.07) is 27.7. The van der Waals surface area contributed by atoms with Crippen LogP contribution in [0.5, 0.6) is 0 Å². The van der Waals surface area contributed by atoms with Gasteiger partial charge in [0.25, 0.3) is 0 Å². The molecule has 2 heteroatoms. The molecule has 0 bridgehead atoms. The van der Waals surface area contributed by atoms with Crippen LogP contribution in [0.2, 0.25) is 0 Å². The Bertz CT molecular complexity index is 791. The predicted molar refractivity (Wildman–Crippen MR) is 95.1 cm³/mol. The average Bonchev–Trinajstić information content (AvgIpc) is 2.68. The van der Waals surface area contributed by atoms with Gasteiger partial charge in [0.2, 0.25) is 0 Å². The van der Waals surface area contributed by atoms with Gasteiger partial charge in [0, 0.05) is 11.1 Å². The van der Waals surface area contributed by atoms with E-state index in [1.54, 1.807) is 0 Å². The van der Waals surface area contributed by atoms with E-state index in [1.807, 2.05) is 91.0 Å². The second kappa shape index (κ2) is 7.14. The minimum Gasteiger partial charge on any atom is -0.376 e. The van der Waals surface area contributed by atoms with Crippen molar-refractivity contribution < 1.29 is 10.2 Å². The molecule has 0 spiro atoms. The summed E-state index contributed by atoms with van der Waals surface area (Å²) in [5, 5.41) is 21.6. The molecule has 118 valence electrons. The number of hydrogen-bond donors (Lipinski definition) is 2. The maximum atomic E-state index is 11.3. The van der Waals surface area contributed by atoms with Gasteiger partial charge in [-0.05, 0) is 5.56 Å². The minimum atomic E-state index is -1.47. The van der Waals surface area contributed by atoms with Gasteiger partial charge in [0.15, 0.2) is 5.60 Å². The second-order valence-electron chi connectivity index (χ2n) is 5.53. The SMILES string of the molecule is OC(C#CC(O)(c1ccccc1)c1ccccc1)c1ccccc1. The van der Waals surface area contributed by atoms with E-state index >= 15 is 0 Å². The van der Waals surface area contributed by atoms with E-state index in [4.69, 9.17) is 0 Å². The number of aliphatic hydroxyl groups is 2. The van der Waals surface area contributed by atoms with Gasteiger partial charge in [-0.15, -0.1) is 0 Å². The molecule has 0 aliphatic carbocycles. The lowest BCUT2D eigenvalue weighted by Gasteiger charge is -2.23. The molecule has 0 fully saturated rings. The van der Waals surface area contributed by atoms with Gasteiger partial charge in [-0.1, -0.05) is 103 Å². The number of hydrogen-bond acceptors (Lipinski definition) is 2. The molecule has 1 unspecified atom stereocenters. The van der Waals surface area contributed by atoms with Crippen LogP contribution in [-0.2, 0) is 5.60 Å². The van der Waals surface area contributed by atoms with Gasteiger partial charge in [-0.2, -0.15) is 0 Å². The molecule has 24 heavy (non-hydrogen) atoms.